The molecule has 3 unspecified atom stereocenters. The first-order valence-electron chi connectivity index (χ1n) is 8.26. The van der Waals surface area contributed by atoms with Gasteiger partial charge in [-0.25, -0.2) is 0 Å². The highest BCUT2D eigenvalue weighted by atomic mass is 16.4. The van der Waals surface area contributed by atoms with Crippen molar-refractivity contribution in [2.45, 2.75) is 52.5 Å². The van der Waals surface area contributed by atoms with Crippen LogP contribution < -0.4 is 0 Å². The summed E-state index contributed by atoms with van der Waals surface area (Å²) in [5, 5.41) is 9.54. The van der Waals surface area contributed by atoms with Crippen LogP contribution in [0.5, 0.6) is 0 Å². The van der Waals surface area contributed by atoms with Gasteiger partial charge in [-0.05, 0) is 51.7 Å². The molecule has 1 aliphatic carbocycles. The summed E-state index contributed by atoms with van der Waals surface area (Å²) in [5.41, 5.74) is 0.310. The van der Waals surface area contributed by atoms with Gasteiger partial charge in [-0.3, -0.25) is 4.79 Å². The fraction of sp³-hybridized carbons (Fsp3) is 0.941. The lowest BCUT2D eigenvalue weighted by molar-refractivity contribution is -0.146. The second-order valence-electron chi connectivity index (χ2n) is 7.65. The Morgan fingerprint density at radius 3 is 2.29 bits per heavy atom. The third-order valence-electron chi connectivity index (χ3n) is 5.62. The molecule has 3 atom stereocenters. The van der Waals surface area contributed by atoms with Gasteiger partial charge < -0.3 is 14.9 Å². The number of carboxylic acids is 1. The van der Waals surface area contributed by atoms with Crippen LogP contribution in [-0.2, 0) is 4.79 Å². The lowest BCUT2D eigenvalue weighted by Gasteiger charge is -2.45. The molecule has 1 N–H and O–H groups in total. The molecule has 124 valence electrons. The van der Waals surface area contributed by atoms with Crippen molar-refractivity contribution in [2.24, 2.45) is 17.3 Å². The number of likely N-dealkylation sites (N-methyl/N-ethyl adjacent to an activating group) is 2. The Bertz CT molecular complexity index is 342. The second kappa shape index (κ2) is 7.59. The molecule has 1 saturated carbocycles. The number of rotatable bonds is 7. The van der Waals surface area contributed by atoms with E-state index in [1.807, 2.05) is 0 Å². The first-order valence-corrected chi connectivity index (χ1v) is 8.26. The van der Waals surface area contributed by atoms with Crippen LogP contribution >= 0.6 is 0 Å². The molecule has 1 aliphatic rings. The van der Waals surface area contributed by atoms with Crippen LogP contribution in [0.4, 0.5) is 0 Å². The summed E-state index contributed by atoms with van der Waals surface area (Å²) >= 11 is 0. The largest absolute Gasteiger partial charge is 0.481 e. The van der Waals surface area contributed by atoms with Crippen molar-refractivity contribution < 1.29 is 9.90 Å². The zero-order valence-electron chi connectivity index (χ0n) is 14.7. The van der Waals surface area contributed by atoms with Crippen molar-refractivity contribution in [3.63, 3.8) is 0 Å². The van der Waals surface area contributed by atoms with E-state index in [1.165, 1.54) is 0 Å². The maximum atomic E-state index is 11.6. The lowest BCUT2D eigenvalue weighted by atomic mass is 9.65. The van der Waals surface area contributed by atoms with E-state index in [0.717, 1.165) is 38.8 Å². The van der Waals surface area contributed by atoms with E-state index in [9.17, 15) is 9.90 Å². The van der Waals surface area contributed by atoms with Crippen molar-refractivity contribution >= 4 is 5.97 Å². The molecule has 0 heterocycles. The van der Waals surface area contributed by atoms with Gasteiger partial charge in [0.1, 0.15) is 0 Å². The molecular weight excluding hydrogens is 264 g/mol. The average molecular weight is 298 g/mol. The Morgan fingerprint density at radius 2 is 1.81 bits per heavy atom. The van der Waals surface area contributed by atoms with Gasteiger partial charge >= 0.3 is 5.97 Å². The number of hydrogen-bond acceptors (Lipinski definition) is 3. The summed E-state index contributed by atoms with van der Waals surface area (Å²) in [5.74, 6) is -0.199. The molecule has 0 radical (unpaired) electrons. The predicted molar refractivity (Wildman–Crippen MR) is 87.5 cm³/mol. The predicted octanol–water partition coefficient (Wildman–Crippen LogP) is 2.79. The van der Waals surface area contributed by atoms with Crippen LogP contribution in [0.25, 0.3) is 0 Å². The molecule has 1 fully saturated rings. The number of carbonyl (C=O) groups is 1. The first kappa shape index (κ1) is 18.4. The molecule has 0 bridgehead atoms. The van der Waals surface area contributed by atoms with Gasteiger partial charge in [-0.15, -0.1) is 0 Å². The van der Waals surface area contributed by atoms with Gasteiger partial charge in [0.05, 0.1) is 5.92 Å². The molecule has 1 rings (SSSR count). The topological polar surface area (TPSA) is 43.8 Å². The molecule has 0 aliphatic heterocycles. The maximum Gasteiger partial charge on any atom is 0.308 e. The van der Waals surface area contributed by atoms with Crippen LogP contribution in [0.1, 0.15) is 46.5 Å². The minimum Gasteiger partial charge on any atom is -0.481 e. The molecular formula is C17H34N2O2. The van der Waals surface area contributed by atoms with E-state index < -0.39 is 5.97 Å². The van der Waals surface area contributed by atoms with Gasteiger partial charge in [-0.1, -0.05) is 27.2 Å². The Hall–Kier alpha value is -0.610. The molecule has 0 spiro atoms. The van der Waals surface area contributed by atoms with Crippen LogP contribution in [-0.4, -0.2) is 61.2 Å². The summed E-state index contributed by atoms with van der Waals surface area (Å²) in [7, 11) is 6.21. The highest BCUT2D eigenvalue weighted by Crippen LogP contribution is 2.43. The number of aliphatic carboxylic acids is 1. The second-order valence-corrected chi connectivity index (χ2v) is 7.65. The van der Waals surface area contributed by atoms with E-state index >= 15 is 0 Å². The van der Waals surface area contributed by atoms with E-state index in [1.54, 1.807) is 0 Å². The fourth-order valence-corrected chi connectivity index (χ4v) is 3.44. The highest BCUT2D eigenvalue weighted by Gasteiger charge is 2.41. The Balaban J connectivity index is 2.79. The number of nitrogens with zero attached hydrogens (tertiary/aromatic N) is 2. The summed E-state index contributed by atoms with van der Waals surface area (Å²) in [6.07, 6.45) is 4.04. The molecule has 0 saturated heterocycles. The van der Waals surface area contributed by atoms with Crippen LogP contribution in [0.3, 0.4) is 0 Å². The molecule has 4 heteroatoms. The van der Waals surface area contributed by atoms with Crippen LogP contribution in [0.2, 0.25) is 0 Å². The number of carboxylic acid groups (broad SMARTS) is 1. The van der Waals surface area contributed by atoms with Gasteiger partial charge in [0.25, 0.3) is 0 Å². The third kappa shape index (κ3) is 4.96. The van der Waals surface area contributed by atoms with Crippen molar-refractivity contribution in [3.8, 4) is 0 Å². The standard InChI is InChI=1S/C17H34N2O2/c1-7-17(2,3)13-8-9-14(16(20)21)15(12-13)19(6)11-10-18(4)5/h13-15H,7-12H2,1-6H3,(H,20,21). The third-order valence-corrected chi connectivity index (χ3v) is 5.62. The number of hydrogen-bond donors (Lipinski definition) is 1. The van der Waals surface area contributed by atoms with Gasteiger partial charge in [-0.2, -0.15) is 0 Å². The smallest absolute Gasteiger partial charge is 0.308 e. The summed E-state index contributed by atoms with van der Waals surface area (Å²) < 4.78 is 0. The van der Waals surface area contributed by atoms with Crippen molar-refractivity contribution in [3.05, 3.63) is 0 Å². The van der Waals surface area contributed by atoms with E-state index in [2.05, 4.69) is 51.7 Å². The minimum absolute atomic E-state index is 0.173. The molecule has 21 heavy (non-hydrogen) atoms. The molecule has 0 amide bonds. The average Bonchev–Trinajstić information content (AvgIpc) is 2.43. The zero-order chi connectivity index (χ0) is 16.2. The summed E-state index contributed by atoms with van der Waals surface area (Å²) in [6, 6.07) is 0.173. The molecule has 0 aromatic carbocycles. The fourth-order valence-electron chi connectivity index (χ4n) is 3.44. The molecule has 0 aromatic rings. The monoisotopic (exact) mass is 298 g/mol. The van der Waals surface area contributed by atoms with E-state index in [4.69, 9.17) is 0 Å². The Kier molecular flexibility index (Phi) is 6.67. The van der Waals surface area contributed by atoms with Crippen molar-refractivity contribution in [1.29, 1.82) is 0 Å². The van der Waals surface area contributed by atoms with Crippen molar-refractivity contribution in [2.75, 3.05) is 34.2 Å². The SMILES string of the molecule is CCC(C)(C)C1CCC(C(=O)O)C(N(C)CCN(C)C)C1. The van der Waals surface area contributed by atoms with Crippen LogP contribution in [0.15, 0.2) is 0 Å². The van der Waals surface area contributed by atoms with Crippen LogP contribution in [0, 0.1) is 17.3 Å². The Morgan fingerprint density at radius 1 is 1.19 bits per heavy atom. The van der Waals surface area contributed by atoms with E-state index in [0.29, 0.717) is 11.3 Å². The van der Waals surface area contributed by atoms with Gasteiger partial charge in [0.15, 0.2) is 0 Å². The Labute approximate surface area is 130 Å². The van der Waals surface area contributed by atoms with Gasteiger partial charge in [0.2, 0.25) is 0 Å². The first-order chi connectivity index (χ1) is 9.69. The molecule has 0 aromatic heterocycles. The van der Waals surface area contributed by atoms with Gasteiger partial charge in [0, 0.05) is 19.1 Å². The summed E-state index contributed by atoms with van der Waals surface area (Å²) in [6.45, 7) is 8.81. The lowest BCUT2D eigenvalue weighted by Crippen LogP contribution is -2.49. The molecule has 4 nitrogen and oxygen atoms in total. The normalized spacial score (nSPS) is 27.3. The zero-order valence-corrected chi connectivity index (χ0v) is 14.7. The van der Waals surface area contributed by atoms with Crippen molar-refractivity contribution in [1.82, 2.24) is 9.80 Å². The maximum absolute atomic E-state index is 11.6. The highest BCUT2D eigenvalue weighted by molar-refractivity contribution is 5.71. The summed E-state index contributed by atoms with van der Waals surface area (Å²) in [4.78, 5) is 16.0. The minimum atomic E-state index is -0.621. The quantitative estimate of drug-likeness (QED) is 0.785. The van der Waals surface area contributed by atoms with E-state index in [-0.39, 0.29) is 12.0 Å².